The number of imidazole rings is 1. The van der Waals surface area contributed by atoms with Gasteiger partial charge in [-0.25, -0.2) is 18.2 Å². The highest BCUT2D eigenvalue weighted by Crippen LogP contribution is 2.00. The number of aromatic nitrogens is 2. The average Bonchev–Trinajstić information content (AvgIpc) is 2.54. The number of carboxylic acids is 1. The van der Waals surface area contributed by atoms with Crippen LogP contribution in [0.5, 0.6) is 0 Å². The van der Waals surface area contributed by atoms with Gasteiger partial charge in [-0.2, -0.15) is 0 Å². The number of H-pyrrole nitrogens is 1. The maximum atomic E-state index is 11.2. The van der Waals surface area contributed by atoms with Crippen molar-refractivity contribution in [3.63, 3.8) is 0 Å². The molecular formula is C5H7N3O5S. The summed E-state index contributed by atoms with van der Waals surface area (Å²) >= 11 is 0. The molecule has 0 fully saturated rings. The molecule has 1 rings (SSSR count). The Kier molecular flexibility index (Phi) is 3.17. The van der Waals surface area contributed by atoms with Gasteiger partial charge in [0, 0.05) is 0 Å². The van der Waals surface area contributed by atoms with Crippen LogP contribution >= 0.6 is 0 Å². The van der Waals surface area contributed by atoms with E-state index in [0.717, 1.165) is 6.20 Å². The Labute approximate surface area is 78.9 Å². The predicted octanol–water partition coefficient (Wildman–Crippen LogP) is -1.30. The van der Waals surface area contributed by atoms with Crippen molar-refractivity contribution in [2.75, 3.05) is 6.61 Å². The molecule has 1 aromatic heterocycles. The molecule has 0 saturated heterocycles. The van der Waals surface area contributed by atoms with Gasteiger partial charge in [-0.1, -0.05) is 4.89 Å². The largest absolute Gasteiger partial charge is 0.479 e. The Bertz CT molecular complexity index is 397. The van der Waals surface area contributed by atoms with E-state index in [9.17, 15) is 13.2 Å². The number of aromatic amines is 1. The maximum Gasteiger partial charge on any atom is 0.331 e. The van der Waals surface area contributed by atoms with Crippen molar-refractivity contribution in [2.45, 2.75) is 5.03 Å². The fourth-order valence-electron chi connectivity index (χ4n) is 0.604. The standard InChI is InChI=1S/C5H7N3O5S/c9-5(10)2-13-8-14(11,12)4-1-6-3-7-4/h1,3,8H,2H2,(H,6,7)(H,9,10). The number of rotatable bonds is 5. The molecular weight excluding hydrogens is 214 g/mol. The Hall–Kier alpha value is -1.45. The molecule has 0 amide bonds. The van der Waals surface area contributed by atoms with E-state index in [1.807, 2.05) is 0 Å². The minimum absolute atomic E-state index is 0.206. The minimum atomic E-state index is -3.87. The van der Waals surface area contributed by atoms with Gasteiger partial charge in [0.05, 0.1) is 12.5 Å². The van der Waals surface area contributed by atoms with Crippen LogP contribution in [0.25, 0.3) is 0 Å². The Morgan fingerprint density at radius 1 is 1.71 bits per heavy atom. The van der Waals surface area contributed by atoms with Crippen molar-refractivity contribution in [2.24, 2.45) is 0 Å². The molecule has 0 unspecified atom stereocenters. The van der Waals surface area contributed by atoms with Gasteiger partial charge in [-0.05, 0) is 0 Å². The third-order valence-corrected chi connectivity index (χ3v) is 2.27. The van der Waals surface area contributed by atoms with Crippen LogP contribution in [0.1, 0.15) is 0 Å². The summed E-state index contributed by atoms with van der Waals surface area (Å²) in [5, 5.41) is 7.96. The zero-order chi connectivity index (χ0) is 10.6. The quantitative estimate of drug-likeness (QED) is 0.531. The van der Waals surface area contributed by atoms with Crippen LogP contribution in [0.4, 0.5) is 0 Å². The molecule has 0 aliphatic rings. The van der Waals surface area contributed by atoms with Gasteiger partial charge < -0.3 is 10.1 Å². The number of hydrogen-bond acceptors (Lipinski definition) is 5. The van der Waals surface area contributed by atoms with Gasteiger partial charge in [0.25, 0.3) is 10.0 Å². The predicted molar refractivity (Wildman–Crippen MR) is 42.5 cm³/mol. The fraction of sp³-hybridized carbons (Fsp3) is 0.200. The second kappa shape index (κ2) is 4.17. The van der Waals surface area contributed by atoms with E-state index in [0.29, 0.717) is 0 Å². The Balaban J connectivity index is 2.56. The zero-order valence-electron chi connectivity index (χ0n) is 6.80. The third-order valence-electron chi connectivity index (χ3n) is 1.13. The topological polar surface area (TPSA) is 121 Å². The number of sulfonamides is 1. The second-order valence-corrected chi connectivity index (χ2v) is 3.80. The molecule has 0 aliphatic carbocycles. The zero-order valence-corrected chi connectivity index (χ0v) is 7.61. The van der Waals surface area contributed by atoms with Crippen molar-refractivity contribution in [3.8, 4) is 0 Å². The molecule has 9 heteroatoms. The number of carboxylic acid groups (broad SMARTS) is 1. The molecule has 1 heterocycles. The van der Waals surface area contributed by atoms with E-state index in [1.165, 1.54) is 6.33 Å². The molecule has 8 nitrogen and oxygen atoms in total. The van der Waals surface area contributed by atoms with Crippen LogP contribution in [-0.4, -0.2) is 36.1 Å². The molecule has 78 valence electrons. The van der Waals surface area contributed by atoms with Crippen LogP contribution in [0.2, 0.25) is 0 Å². The first-order valence-corrected chi connectivity index (χ1v) is 4.84. The van der Waals surface area contributed by atoms with Crippen LogP contribution < -0.4 is 4.89 Å². The highest BCUT2D eigenvalue weighted by Gasteiger charge is 2.15. The number of hydrogen-bond donors (Lipinski definition) is 3. The Morgan fingerprint density at radius 3 is 2.93 bits per heavy atom. The van der Waals surface area contributed by atoms with Crippen LogP contribution in [0.15, 0.2) is 17.6 Å². The monoisotopic (exact) mass is 221 g/mol. The molecule has 1 aromatic rings. The smallest absolute Gasteiger partial charge is 0.331 e. The van der Waals surface area contributed by atoms with E-state index < -0.39 is 22.6 Å². The lowest BCUT2D eigenvalue weighted by molar-refractivity contribution is -0.143. The fourth-order valence-corrected chi connectivity index (χ4v) is 1.32. The molecule has 0 spiro atoms. The normalized spacial score (nSPS) is 11.4. The summed E-state index contributed by atoms with van der Waals surface area (Å²) in [6.07, 6.45) is 2.23. The van der Waals surface area contributed by atoms with Crippen molar-refractivity contribution >= 4 is 16.0 Å². The first-order valence-electron chi connectivity index (χ1n) is 3.36. The number of nitrogens with zero attached hydrogens (tertiary/aromatic N) is 1. The van der Waals surface area contributed by atoms with Gasteiger partial charge >= 0.3 is 5.97 Å². The van der Waals surface area contributed by atoms with Gasteiger partial charge in [0.15, 0.2) is 11.6 Å². The van der Waals surface area contributed by atoms with Crippen molar-refractivity contribution in [1.82, 2.24) is 14.9 Å². The first kappa shape index (κ1) is 10.6. The van der Waals surface area contributed by atoms with E-state index in [4.69, 9.17) is 5.11 Å². The van der Waals surface area contributed by atoms with Crippen molar-refractivity contribution in [3.05, 3.63) is 12.5 Å². The van der Waals surface area contributed by atoms with Crippen LogP contribution in [0.3, 0.4) is 0 Å². The number of nitrogens with one attached hydrogen (secondary N) is 2. The van der Waals surface area contributed by atoms with E-state index >= 15 is 0 Å². The lowest BCUT2D eigenvalue weighted by Gasteiger charge is -2.02. The molecule has 3 N–H and O–H groups in total. The van der Waals surface area contributed by atoms with E-state index in [1.54, 1.807) is 4.89 Å². The van der Waals surface area contributed by atoms with Crippen molar-refractivity contribution < 1.29 is 23.2 Å². The summed E-state index contributed by atoms with van der Waals surface area (Å²) in [6.45, 7) is -0.757. The Morgan fingerprint density at radius 2 is 2.43 bits per heavy atom. The highest BCUT2D eigenvalue weighted by atomic mass is 32.2. The van der Waals surface area contributed by atoms with Crippen LogP contribution in [0, 0.1) is 0 Å². The van der Waals surface area contributed by atoms with Gasteiger partial charge in [0.1, 0.15) is 0 Å². The SMILES string of the molecule is O=C(O)CONS(=O)(=O)c1cnc[nH]1. The van der Waals surface area contributed by atoms with E-state index in [2.05, 4.69) is 14.8 Å². The van der Waals surface area contributed by atoms with Gasteiger partial charge in [0.2, 0.25) is 0 Å². The van der Waals surface area contributed by atoms with Crippen molar-refractivity contribution in [1.29, 1.82) is 0 Å². The summed E-state index contributed by atoms with van der Waals surface area (Å²) in [6, 6.07) is 0. The average molecular weight is 221 g/mol. The number of carbonyl (C=O) groups is 1. The molecule has 14 heavy (non-hydrogen) atoms. The lowest BCUT2D eigenvalue weighted by atomic mass is 10.8. The minimum Gasteiger partial charge on any atom is -0.479 e. The lowest BCUT2D eigenvalue weighted by Crippen LogP contribution is -2.27. The molecule has 0 bridgehead atoms. The molecule has 0 aromatic carbocycles. The molecule has 0 aliphatic heterocycles. The summed E-state index contributed by atoms with van der Waals surface area (Å²) in [5.41, 5.74) is 0. The summed E-state index contributed by atoms with van der Waals surface area (Å²) in [4.78, 5) is 21.6. The number of aliphatic carboxylic acids is 1. The van der Waals surface area contributed by atoms with Gasteiger partial charge in [-0.3, -0.25) is 4.84 Å². The first-order chi connectivity index (χ1) is 6.52. The third kappa shape index (κ3) is 2.80. The van der Waals surface area contributed by atoms with Gasteiger partial charge in [-0.15, -0.1) is 0 Å². The summed E-state index contributed by atoms with van der Waals surface area (Å²) < 4.78 is 22.3. The second-order valence-electron chi connectivity index (χ2n) is 2.19. The highest BCUT2D eigenvalue weighted by molar-refractivity contribution is 7.89. The molecule has 0 saturated carbocycles. The van der Waals surface area contributed by atoms with Crippen LogP contribution in [-0.2, 0) is 19.7 Å². The molecule has 0 radical (unpaired) electrons. The summed E-state index contributed by atoms with van der Waals surface area (Å²) in [5.74, 6) is -1.28. The van der Waals surface area contributed by atoms with E-state index in [-0.39, 0.29) is 5.03 Å². The maximum absolute atomic E-state index is 11.2. The molecule has 0 atom stereocenters. The summed E-state index contributed by atoms with van der Waals surface area (Å²) in [7, 11) is -3.87.